The standard InChI is InChI=1S/C12H16BrCl/c1-2-3-6-11(13)8-10-5-4-7-12(14)9-10/h4-5,7,9,11H,2-3,6,8H2,1H3. The van der Waals surface area contributed by atoms with E-state index in [4.69, 9.17) is 11.6 Å². The van der Waals surface area contributed by atoms with E-state index in [0.29, 0.717) is 4.83 Å². The molecule has 0 spiro atoms. The Morgan fingerprint density at radius 1 is 1.43 bits per heavy atom. The van der Waals surface area contributed by atoms with Crippen molar-refractivity contribution in [1.82, 2.24) is 0 Å². The highest BCUT2D eigenvalue weighted by Gasteiger charge is 2.04. The van der Waals surface area contributed by atoms with Crippen molar-refractivity contribution in [2.45, 2.75) is 37.4 Å². The molecule has 78 valence electrons. The first kappa shape index (κ1) is 12.1. The van der Waals surface area contributed by atoms with Crippen LogP contribution in [0.3, 0.4) is 0 Å². The zero-order valence-corrected chi connectivity index (χ0v) is 10.8. The van der Waals surface area contributed by atoms with Gasteiger partial charge in [-0.25, -0.2) is 0 Å². The lowest BCUT2D eigenvalue weighted by atomic mass is 10.1. The van der Waals surface area contributed by atoms with Crippen LogP contribution < -0.4 is 0 Å². The SMILES string of the molecule is CCCCC(Br)Cc1cccc(Cl)c1. The van der Waals surface area contributed by atoms with Gasteiger partial charge in [0.05, 0.1) is 0 Å². The van der Waals surface area contributed by atoms with Gasteiger partial charge in [0.2, 0.25) is 0 Å². The van der Waals surface area contributed by atoms with E-state index in [1.807, 2.05) is 18.2 Å². The van der Waals surface area contributed by atoms with E-state index in [-0.39, 0.29) is 0 Å². The fourth-order valence-corrected chi connectivity index (χ4v) is 2.36. The molecule has 1 unspecified atom stereocenters. The van der Waals surface area contributed by atoms with E-state index < -0.39 is 0 Å². The second kappa shape index (κ2) is 6.47. The lowest BCUT2D eigenvalue weighted by molar-refractivity contribution is 0.687. The predicted octanol–water partition coefficient (Wildman–Crippen LogP) is 4.84. The topological polar surface area (TPSA) is 0 Å². The number of alkyl halides is 1. The first-order valence-corrected chi connectivity index (χ1v) is 6.40. The van der Waals surface area contributed by atoms with Crippen molar-refractivity contribution >= 4 is 27.5 Å². The lowest BCUT2D eigenvalue weighted by Gasteiger charge is -2.08. The molecular weight excluding hydrogens is 259 g/mol. The molecule has 0 aliphatic heterocycles. The van der Waals surface area contributed by atoms with E-state index in [9.17, 15) is 0 Å². The van der Waals surface area contributed by atoms with Crippen LogP contribution in [0, 0.1) is 0 Å². The minimum Gasteiger partial charge on any atom is -0.0887 e. The van der Waals surface area contributed by atoms with Crippen LogP contribution in [0.4, 0.5) is 0 Å². The predicted molar refractivity (Wildman–Crippen MR) is 67.4 cm³/mol. The molecule has 0 saturated heterocycles. The molecule has 1 rings (SSSR count). The Labute approximate surface area is 99.8 Å². The molecule has 0 heterocycles. The monoisotopic (exact) mass is 274 g/mol. The summed E-state index contributed by atoms with van der Waals surface area (Å²) in [4.78, 5) is 0.584. The molecule has 0 saturated carbocycles. The Kier molecular flexibility index (Phi) is 5.57. The minimum atomic E-state index is 0.584. The molecule has 0 aliphatic carbocycles. The molecule has 0 radical (unpaired) electrons. The number of rotatable bonds is 5. The second-order valence-electron chi connectivity index (χ2n) is 3.57. The Balaban J connectivity index is 2.43. The van der Waals surface area contributed by atoms with Gasteiger partial charge in [-0.15, -0.1) is 0 Å². The smallest absolute Gasteiger partial charge is 0.0408 e. The van der Waals surface area contributed by atoms with Gasteiger partial charge >= 0.3 is 0 Å². The van der Waals surface area contributed by atoms with E-state index in [2.05, 4.69) is 28.9 Å². The third-order valence-corrected chi connectivity index (χ3v) is 3.23. The van der Waals surface area contributed by atoms with Crippen molar-refractivity contribution < 1.29 is 0 Å². The van der Waals surface area contributed by atoms with Crippen LogP contribution in [0.25, 0.3) is 0 Å². The molecule has 0 nitrogen and oxygen atoms in total. The summed E-state index contributed by atoms with van der Waals surface area (Å²) in [6.45, 7) is 2.22. The summed E-state index contributed by atoms with van der Waals surface area (Å²) < 4.78 is 0. The van der Waals surface area contributed by atoms with Crippen molar-refractivity contribution in [2.24, 2.45) is 0 Å². The normalized spacial score (nSPS) is 12.8. The van der Waals surface area contributed by atoms with Gasteiger partial charge in [0.15, 0.2) is 0 Å². The third kappa shape index (κ3) is 4.47. The van der Waals surface area contributed by atoms with Gasteiger partial charge in [-0.3, -0.25) is 0 Å². The maximum Gasteiger partial charge on any atom is 0.0408 e. The largest absolute Gasteiger partial charge is 0.0887 e. The van der Waals surface area contributed by atoms with Gasteiger partial charge in [-0.05, 0) is 30.5 Å². The number of unbranched alkanes of at least 4 members (excludes halogenated alkanes) is 1. The maximum absolute atomic E-state index is 5.92. The summed E-state index contributed by atoms with van der Waals surface area (Å²) in [5.41, 5.74) is 1.32. The number of halogens is 2. The lowest BCUT2D eigenvalue weighted by Crippen LogP contribution is -2.02. The molecule has 0 aromatic heterocycles. The highest BCUT2D eigenvalue weighted by molar-refractivity contribution is 9.09. The first-order valence-electron chi connectivity index (χ1n) is 5.11. The minimum absolute atomic E-state index is 0.584. The number of benzene rings is 1. The first-order chi connectivity index (χ1) is 6.72. The van der Waals surface area contributed by atoms with Crippen LogP contribution in [0.15, 0.2) is 24.3 Å². The molecular formula is C12H16BrCl. The van der Waals surface area contributed by atoms with Crippen LogP contribution in [-0.4, -0.2) is 4.83 Å². The maximum atomic E-state index is 5.92. The van der Waals surface area contributed by atoms with Gasteiger partial charge in [0, 0.05) is 9.85 Å². The summed E-state index contributed by atoms with van der Waals surface area (Å²) in [6, 6.07) is 8.10. The Morgan fingerprint density at radius 2 is 2.21 bits per heavy atom. The molecule has 0 bridgehead atoms. The molecule has 0 amide bonds. The van der Waals surface area contributed by atoms with Gasteiger partial charge in [0.25, 0.3) is 0 Å². The Morgan fingerprint density at radius 3 is 2.86 bits per heavy atom. The highest BCUT2D eigenvalue weighted by atomic mass is 79.9. The van der Waals surface area contributed by atoms with E-state index >= 15 is 0 Å². The molecule has 14 heavy (non-hydrogen) atoms. The van der Waals surface area contributed by atoms with Crippen molar-refractivity contribution in [3.63, 3.8) is 0 Å². The summed E-state index contributed by atoms with van der Waals surface area (Å²) in [7, 11) is 0. The zero-order valence-electron chi connectivity index (χ0n) is 8.47. The van der Waals surface area contributed by atoms with Crippen molar-refractivity contribution in [3.05, 3.63) is 34.9 Å². The van der Waals surface area contributed by atoms with Gasteiger partial charge in [0.1, 0.15) is 0 Å². The van der Waals surface area contributed by atoms with Gasteiger partial charge < -0.3 is 0 Å². The summed E-state index contributed by atoms with van der Waals surface area (Å²) in [6.07, 6.45) is 4.86. The van der Waals surface area contributed by atoms with Crippen molar-refractivity contribution in [2.75, 3.05) is 0 Å². The van der Waals surface area contributed by atoms with Crippen LogP contribution in [0.2, 0.25) is 5.02 Å². The van der Waals surface area contributed by atoms with Crippen molar-refractivity contribution in [1.29, 1.82) is 0 Å². The van der Waals surface area contributed by atoms with Gasteiger partial charge in [-0.1, -0.05) is 59.4 Å². The molecule has 1 aromatic carbocycles. The fraction of sp³-hybridized carbons (Fsp3) is 0.500. The summed E-state index contributed by atoms with van der Waals surface area (Å²) >= 11 is 9.61. The van der Waals surface area contributed by atoms with E-state index in [0.717, 1.165) is 11.4 Å². The van der Waals surface area contributed by atoms with Crippen LogP contribution in [0.1, 0.15) is 31.7 Å². The second-order valence-corrected chi connectivity index (χ2v) is 5.30. The summed E-state index contributed by atoms with van der Waals surface area (Å²) in [5.74, 6) is 0. The quantitative estimate of drug-likeness (QED) is 0.675. The zero-order chi connectivity index (χ0) is 10.4. The van der Waals surface area contributed by atoms with Crippen molar-refractivity contribution in [3.8, 4) is 0 Å². The number of hydrogen-bond acceptors (Lipinski definition) is 0. The highest BCUT2D eigenvalue weighted by Crippen LogP contribution is 2.18. The Hall–Kier alpha value is -0.0100. The molecule has 1 atom stereocenters. The Bertz CT molecular complexity index is 273. The van der Waals surface area contributed by atoms with Crippen LogP contribution in [0.5, 0.6) is 0 Å². The fourth-order valence-electron chi connectivity index (χ4n) is 1.45. The average Bonchev–Trinajstić information content (AvgIpc) is 2.15. The molecule has 0 fully saturated rings. The molecule has 0 aliphatic rings. The summed E-state index contributed by atoms with van der Waals surface area (Å²) in [5, 5.41) is 0.831. The third-order valence-electron chi connectivity index (χ3n) is 2.22. The van der Waals surface area contributed by atoms with Crippen LogP contribution >= 0.6 is 27.5 Å². The van der Waals surface area contributed by atoms with Gasteiger partial charge in [-0.2, -0.15) is 0 Å². The molecule has 1 aromatic rings. The van der Waals surface area contributed by atoms with E-state index in [1.165, 1.54) is 24.8 Å². The molecule has 2 heteroatoms. The van der Waals surface area contributed by atoms with E-state index in [1.54, 1.807) is 0 Å². The average molecular weight is 276 g/mol. The number of hydrogen-bond donors (Lipinski definition) is 0. The molecule has 0 N–H and O–H groups in total. The van der Waals surface area contributed by atoms with Crippen LogP contribution in [-0.2, 0) is 6.42 Å².